The summed E-state index contributed by atoms with van der Waals surface area (Å²) in [7, 11) is 0. The lowest BCUT2D eigenvalue weighted by atomic mass is 10.0. The fourth-order valence-electron chi connectivity index (χ4n) is 1.86. The van der Waals surface area contributed by atoms with Crippen molar-refractivity contribution < 1.29 is 9.84 Å². The number of hydrogen-bond donors (Lipinski definition) is 2. The van der Waals surface area contributed by atoms with Gasteiger partial charge in [-0.2, -0.15) is 0 Å². The summed E-state index contributed by atoms with van der Waals surface area (Å²) in [4.78, 5) is 0. The normalized spacial score (nSPS) is 45.9. The van der Waals surface area contributed by atoms with Crippen molar-refractivity contribution in [3.8, 4) is 0 Å². The predicted molar refractivity (Wildman–Crippen MR) is 36.7 cm³/mol. The van der Waals surface area contributed by atoms with Crippen molar-refractivity contribution in [1.29, 1.82) is 0 Å². The van der Waals surface area contributed by atoms with Gasteiger partial charge in [-0.15, -0.1) is 0 Å². The monoisotopic (exact) mass is 143 g/mol. The Kier molecular flexibility index (Phi) is 1.64. The molecule has 0 radical (unpaired) electrons. The van der Waals surface area contributed by atoms with Crippen LogP contribution in [0.4, 0.5) is 0 Å². The Balaban J connectivity index is 1.94. The van der Waals surface area contributed by atoms with Gasteiger partial charge < -0.3 is 15.2 Å². The maximum absolute atomic E-state index is 8.78. The summed E-state index contributed by atoms with van der Waals surface area (Å²) in [6, 6.07) is 0. The number of ether oxygens (including phenoxy) is 1. The van der Waals surface area contributed by atoms with Gasteiger partial charge in [0.1, 0.15) is 0 Å². The molecule has 3 heteroatoms. The van der Waals surface area contributed by atoms with Crippen molar-refractivity contribution in [1.82, 2.24) is 5.32 Å². The van der Waals surface area contributed by atoms with Crippen molar-refractivity contribution in [2.24, 2.45) is 5.92 Å². The maximum atomic E-state index is 8.78. The largest absolute Gasteiger partial charge is 0.394 e. The Morgan fingerprint density at radius 2 is 2.40 bits per heavy atom. The zero-order valence-corrected chi connectivity index (χ0v) is 5.92. The van der Waals surface area contributed by atoms with Gasteiger partial charge in [-0.1, -0.05) is 0 Å². The maximum Gasteiger partial charge on any atom is 0.0814 e. The topological polar surface area (TPSA) is 41.5 Å². The standard InChI is InChI=1S/C7H13NO2/c9-4-6-1-5-2-8-3-7(5)10-6/h5-9H,1-4H2. The number of nitrogens with one attached hydrogen (secondary N) is 1. The second-order valence-electron chi connectivity index (χ2n) is 3.13. The summed E-state index contributed by atoms with van der Waals surface area (Å²) in [5.41, 5.74) is 0. The van der Waals surface area contributed by atoms with Crippen LogP contribution in [-0.4, -0.2) is 37.0 Å². The first-order valence-corrected chi connectivity index (χ1v) is 3.87. The smallest absolute Gasteiger partial charge is 0.0814 e. The van der Waals surface area contributed by atoms with Crippen molar-refractivity contribution in [3.05, 3.63) is 0 Å². The molecule has 2 N–H and O–H groups in total. The molecule has 0 aromatic rings. The van der Waals surface area contributed by atoms with Crippen LogP contribution in [0, 0.1) is 5.92 Å². The van der Waals surface area contributed by atoms with E-state index in [2.05, 4.69) is 5.32 Å². The number of aliphatic hydroxyl groups is 1. The third-order valence-corrected chi connectivity index (χ3v) is 2.41. The molecule has 0 aromatic carbocycles. The SMILES string of the molecule is OCC1CC2CNCC2O1. The molecule has 0 spiro atoms. The van der Waals surface area contributed by atoms with Gasteiger partial charge in [-0.3, -0.25) is 0 Å². The van der Waals surface area contributed by atoms with Gasteiger partial charge in [0.05, 0.1) is 18.8 Å². The first-order chi connectivity index (χ1) is 4.90. The van der Waals surface area contributed by atoms with E-state index in [0.717, 1.165) is 19.5 Å². The van der Waals surface area contributed by atoms with Crippen LogP contribution in [0.5, 0.6) is 0 Å². The van der Waals surface area contributed by atoms with E-state index in [1.54, 1.807) is 0 Å². The van der Waals surface area contributed by atoms with Gasteiger partial charge in [-0.25, -0.2) is 0 Å². The average Bonchev–Trinajstić information content (AvgIpc) is 2.42. The number of fused-ring (bicyclic) bond motifs is 1. The quantitative estimate of drug-likeness (QED) is 0.513. The van der Waals surface area contributed by atoms with E-state index in [1.165, 1.54) is 0 Å². The van der Waals surface area contributed by atoms with E-state index < -0.39 is 0 Å². The van der Waals surface area contributed by atoms with Gasteiger partial charge in [0, 0.05) is 19.0 Å². The average molecular weight is 143 g/mol. The second-order valence-corrected chi connectivity index (χ2v) is 3.13. The van der Waals surface area contributed by atoms with Gasteiger partial charge >= 0.3 is 0 Å². The molecule has 2 fully saturated rings. The molecule has 0 aliphatic carbocycles. The molecule has 2 heterocycles. The molecular weight excluding hydrogens is 130 g/mol. The third kappa shape index (κ3) is 0.944. The number of hydrogen-bond acceptors (Lipinski definition) is 3. The summed E-state index contributed by atoms with van der Waals surface area (Å²) in [6.07, 6.45) is 1.54. The zero-order chi connectivity index (χ0) is 6.97. The minimum absolute atomic E-state index is 0.122. The summed E-state index contributed by atoms with van der Waals surface area (Å²) >= 11 is 0. The zero-order valence-electron chi connectivity index (χ0n) is 5.92. The van der Waals surface area contributed by atoms with Crippen LogP contribution in [0.3, 0.4) is 0 Å². The van der Waals surface area contributed by atoms with E-state index in [9.17, 15) is 0 Å². The van der Waals surface area contributed by atoms with Crippen molar-refractivity contribution in [2.45, 2.75) is 18.6 Å². The summed E-state index contributed by atoms with van der Waals surface area (Å²) < 4.78 is 5.52. The molecule has 10 heavy (non-hydrogen) atoms. The molecule has 2 rings (SSSR count). The lowest BCUT2D eigenvalue weighted by molar-refractivity contribution is 0.0145. The van der Waals surface area contributed by atoms with Crippen LogP contribution >= 0.6 is 0 Å². The van der Waals surface area contributed by atoms with Gasteiger partial charge in [0.25, 0.3) is 0 Å². The summed E-state index contributed by atoms with van der Waals surface area (Å²) in [5, 5.41) is 12.0. The number of aliphatic hydroxyl groups excluding tert-OH is 1. The first-order valence-electron chi connectivity index (χ1n) is 3.87. The van der Waals surface area contributed by atoms with E-state index in [-0.39, 0.29) is 12.7 Å². The van der Waals surface area contributed by atoms with Crippen molar-refractivity contribution in [3.63, 3.8) is 0 Å². The highest BCUT2D eigenvalue weighted by Crippen LogP contribution is 2.28. The molecule has 0 saturated carbocycles. The Bertz CT molecular complexity index is 117. The predicted octanol–water partition coefficient (Wildman–Crippen LogP) is -0.644. The van der Waals surface area contributed by atoms with Crippen molar-refractivity contribution in [2.75, 3.05) is 19.7 Å². The van der Waals surface area contributed by atoms with E-state index in [1.807, 2.05) is 0 Å². The second kappa shape index (κ2) is 2.49. The van der Waals surface area contributed by atoms with Crippen LogP contribution in [0.15, 0.2) is 0 Å². The Hall–Kier alpha value is -0.120. The molecule has 0 aromatic heterocycles. The fraction of sp³-hybridized carbons (Fsp3) is 1.00. The molecule has 58 valence electrons. The van der Waals surface area contributed by atoms with Crippen LogP contribution in [0.1, 0.15) is 6.42 Å². The van der Waals surface area contributed by atoms with Gasteiger partial charge in [0.15, 0.2) is 0 Å². The minimum atomic E-state index is 0.122. The fourth-order valence-corrected chi connectivity index (χ4v) is 1.86. The van der Waals surface area contributed by atoms with E-state index in [0.29, 0.717) is 12.0 Å². The van der Waals surface area contributed by atoms with Crippen LogP contribution < -0.4 is 5.32 Å². The Morgan fingerprint density at radius 1 is 1.50 bits per heavy atom. The summed E-state index contributed by atoms with van der Waals surface area (Å²) in [6.45, 7) is 2.23. The summed E-state index contributed by atoms with van der Waals surface area (Å²) in [5.74, 6) is 0.664. The molecule has 3 atom stereocenters. The van der Waals surface area contributed by atoms with Crippen molar-refractivity contribution >= 4 is 0 Å². The minimum Gasteiger partial charge on any atom is -0.394 e. The first kappa shape index (κ1) is 6.58. The molecule has 2 aliphatic heterocycles. The molecular formula is C7H13NO2. The molecule has 2 aliphatic rings. The highest BCUT2D eigenvalue weighted by molar-refractivity contribution is 4.89. The Labute approximate surface area is 60.4 Å². The number of rotatable bonds is 1. The lowest BCUT2D eigenvalue weighted by Gasteiger charge is -2.07. The van der Waals surface area contributed by atoms with Crippen LogP contribution in [-0.2, 0) is 4.74 Å². The molecule has 0 bridgehead atoms. The molecule has 2 saturated heterocycles. The highest BCUT2D eigenvalue weighted by atomic mass is 16.5. The Morgan fingerprint density at radius 3 is 3.10 bits per heavy atom. The lowest BCUT2D eigenvalue weighted by Crippen LogP contribution is -2.20. The van der Waals surface area contributed by atoms with E-state index in [4.69, 9.17) is 9.84 Å². The van der Waals surface area contributed by atoms with E-state index >= 15 is 0 Å². The van der Waals surface area contributed by atoms with Crippen LogP contribution in [0.25, 0.3) is 0 Å². The van der Waals surface area contributed by atoms with Gasteiger partial charge in [-0.05, 0) is 6.42 Å². The van der Waals surface area contributed by atoms with Crippen LogP contribution in [0.2, 0.25) is 0 Å². The van der Waals surface area contributed by atoms with Gasteiger partial charge in [0.2, 0.25) is 0 Å². The third-order valence-electron chi connectivity index (χ3n) is 2.41. The molecule has 0 amide bonds. The molecule has 3 unspecified atom stereocenters. The highest BCUT2D eigenvalue weighted by Gasteiger charge is 2.37. The molecule has 3 nitrogen and oxygen atoms in total.